The minimum absolute atomic E-state index is 0.00201. The molecule has 1 N–H and O–H groups in total. The van der Waals surface area contributed by atoms with E-state index in [2.05, 4.69) is 20.5 Å². The molecule has 3 aromatic heterocycles. The molecular formula is C13H11N5O2S2. The Morgan fingerprint density at radius 3 is 3.00 bits per heavy atom. The van der Waals surface area contributed by atoms with Gasteiger partial charge in [0.05, 0.1) is 0 Å². The van der Waals surface area contributed by atoms with E-state index in [0.717, 1.165) is 23.5 Å². The SMILES string of the molecule is Cc1csc2ncc(C(=O)Nc3nnc(C4CC4)s3)c(=O)n12. The van der Waals surface area contributed by atoms with Gasteiger partial charge >= 0.3 is 0 Å². The smallest absolute Gasteiger partial charge is 0.271 e. The number of nitrogens with zero attached hydrogens (tertiary/aromatic N) is 4. The van der Waals surface area contributed by atoms with Crippen LogP contribution in [0.25, 0.3) is 4.96 Å². The average molecular weight is 333 g/mol. The Morgan fingerprint density at radius 1 is 1.41 bits per heavy atom. The summed E-state index contributed by atoms with van der Waals surface area (Å²) in [5, 5.41) is 13.8. The Bertz CT molecular complexity index is 937. The maximum absolute atomic E-state index is 12.4. The van der Waals surface area contributed by atoms with Crippen molar-refractivity contribution in [2.75, 3.05) is 5.32 Å². The van der Waals surface area contributed by atoms with E-state index >= 15 is 0 Å². The van der Waals surface area contributed by atoms with Gasteiger partial charge in [-0.25, -0.2) is 4.98 Å². The molecule has 0 bridgehead atoms. The third-order valence-electron chi connectivity index (χ3n) is 3.45. The van der Waals surface area contributed by atoms with Crippen LogP contribution in [0.15, 0.2) is 16.4 Å². The highest BCUT2D eigenvalue weighted by Gasteiger charge is 2.28. The number of nitrogens with one attached hydrogen (secondary N) is 1. The molecule has 1 saturated carbocycles. The third-order valence-corrected chi connectivity index (χ3v) is 5.41. The number of carbonyl (C=O) groups is 1. The Balaban J connectivity index is 1.65. The van der Waals surface area contributed by atoms with E-state index in [-0.39, 0.29) is 11.1 Å². The van der Waals surface area contributed by atoms with Gasteiger partial charge in [0.15, 0.2) is 4.96 Å². The Hall–Kier alpha value is -2.13. The minimum atomic E-state index is -0.504. The largest absolute Gasteiger partial charge is 0.296 e. The molecule has 1 amide bonds. The number of fused-ring (bicyclic) bond motifs is 1. The number of hydrogen-bond donors (Lipinski definition) is 1. The van der Waals surface area contributed by atoms with Crippen LogP contribution in [-0.4, -0.2) is 25.5 Å². The van der Waals surface area contributed by atoms with Crippen LogP contribution in [0.1, 0.15) is 39.8 Å². The summed E-state index contributed by atoms with van der Waals surface area (Å²) < 4.78 is 1.44. The summed E-state index contributed by atoms with van der Waals surface area (Å²) in [6.07, 6.45) is 3.57. The van der Waals surface area contributed by atoms with Crippen molar-refractivity contribution in [1.29, 1.82) is 0 Å². The maximum Gasteiger partial charge on any atom is 0.271 e. The molecule has 0 radical (unpaired) electrons. The van der Waals surface area contributed by atoms with Crippen LogP contribution < -0.4 is 10.9 Å². The first-order chi connectivity index (χ1) is 10.6. The number of rotatable bonds is 3. The molecule has 0 unspecified atom stereocenters. The predicted octanol–water partition coefficient (Wildman–Crippen LogP) is 2.05. The van der Waals surface area contributed by atoms with Crippen molar-refractivity contribution in [2.24, 2.45) is 0 Å². The van der Waals surface area contributed by atoms with Crippen molar-refractivity contribution in [3.05, 3.63) is 38.2 Å². The van der Waals surface area contributed by atoms with Crippen LogP contribution in [0.4, 0.5) is 5.13 Å². The fraction of sp³-hybridized carbons (Fsp3) is 0.308. The molecule has 1 aliphatic rings. The van der Waals surface area contributed by atoms with E-state index in [1.807, 2.05) is 5.38 Å². The summed E-state index contributed by atoms with van der Waals surface area (Å²) >= 11 is 2.73. The maximum atomic E-state index is 12.4. The third kappa shape index (κ3) is 2.22. The zero-order valence-electron chi connectivity index (χ0n) is 11.6. The van der Waals surface area contributed by atoms with Crippen molar-refractivity contribution in [3.63, 3.8) is 0 Å². The van der Waals surface area contributed by atoms with E-state index in [4.69, 9.17) is 0 Å². The molecule has 1 fully saturated rings. The van der Waals surface area contributed by atoms with Gasteiger partial charge in [0.1, 0.15) is 10.6 Å². The first-order valence-electron chi connectivity index (χ1n) is 6.74. The van der Waals surface area contributed by atoms with Gasteiger partial charge in [0.25, 0.3) is 11.5 Å². The molecule has 0 saturated heterocycles. The Labute approximate surface area is 132 Å². The number of amides is 1. The molecule has 112 valence electrons. The highest BCUT2D eigenvalue weighted by Crippen LogP contribution is 2.42. The van der Waals surface area contributed by atoms with Crippen LogP contribution in [0.2, 0.25) is 0 Å². The lowest BCUT2D eigenvalue weighted by molar-refractivity contribution is 0.102. The fourth-order valence-corrected chi connectivity index (χ4v) is 3.86. The van der Waals surface area contributed by atoms with Crippen LogP contribution in [0, 0.1) is 6.92 Å². The Kier molecular flexibility index (Phi) is 3.05. The van der Waals surface area contributed by atoms with Crippen LogP contribution in [-0.2, 0) is 0 Å². The molecule has 4 rings (SSSR count). The second-order valence-electron chi connectivity index (χ2n) is 5.15. The molecule has 1 aliphatic carbocycles. The van der Waals surface area contributed by atoms with Gasteiger partial charge in [0, 0.05) is 23.2 Å². The number of thiazole rings is 1. The number of anilines is 1. The summed E-state index contributed by atoms with van der Waals surface area (Å²) in [6.45, 7) is 1.81. The molecule has 0 atom stereocenters. The van der Waals surface area contributed by atoms with Gasteiger partial charge in [-0.3, -0.25) is 19.3 Å². The highest BCUT2D eigenvalue weighted by atomic mass is 32.1. The van der Waals surface area contributed by atoms with Crippen LogP contribution >= 0.6 is 22.7 Å². The molecule has 3 aromatic rings. The second kappa shape index (κ2) is 4.96. The Morgan fingerprint density at radius 2 is 2.23 bits per heavy atom. The highest BCUT2D eigenvalue weighted by molar-refractivity contribution is 7.15. The van der Waals surface area contributed by atoms with E-state index in [1.165, 1.54) is 33.3 Å². The number of carbonyl (C=O) groups excluding carboxylic acids is 1. The fourth-order valence-electron chi connectivity index (χ4n) is 2.13. The quantitative estimate of drug-likeness (QED) is 0.792. The van der Waals surface area contributed by atoms with Gasteiger partial charge in [-0.15, -0.1) is 21.5 Å². The molecule has 22 heavy (non-hydrogen) atoms. The predicted molar refractivity (Wildman–Crippen MR) is 83.9 cm³/mol. The van der Waals surface area contributed by atoms with Gasteiger partial charge in [-0.2, -0.15) is 0 Å². The normalized spacial score (nSPS) is 14.4. The molecule has 9 heteroatoms. The topological polar surface area (TPSA) is 89.2 Å². The number of aryl methyl sites for hydroxylation is 1. The molecule has 3 heterocycles. The number of hydrogen-bond acceptors (Lipinski definition) is 7. The monoisotopic (exact) mass is 333 g/mol. The summed E-state index contributed by atoms with van der Waals surface area (Å²) in [7, 11) is 0. The summed E-state index contributed by atoms with van der Waals surface area (Å²) in [5.74, 6) is -0.0174. The van der Waals surface area contributed by atoms with Crippen molar-refractivity contribution in [3.8, 4) is 0 Å². The minimum Gasteiger partial charge on any atom is -0.296 e. The summed E-state index contributed by atoms with van der Waals surface area (Å²) in [6, 6.07) is 0. The summed E-state index contributed by atoms with van der Waals surface area (Å²) in [5.41, 5.74) is 0.398. The molecule has 0 aromatic carbocycles. The zero-order valence-corrected chi connectivity index (χ0v) is 13.2. The summed E-state index contributed by atoms with van der Waals surface area (Å²) in [4.78, 5) is 29.4. The molecule has 0 spiro atoms. The van der Waals surface area contributed by atoms with E-state index in [1.54, 1.807) is 6.92 Å². The van der Waals surface area contributed by atoms with E-state index in [0.29, 0.717) is 16.0 Å². The lowest BCUT2D eigenvalue weighted by atomic mass is 10.3. The van der Waals surface area contributed by atoms with Crippen molar-refractivity contribution < 1.29 is 4.79 Å². The van der Waals surface area contributed by atoms with Crippen molar-refractivity contribution >= 4 is 38.7 Å². The van der Waals surface area contributed by atoms with E-state index in [9.17, 15) is 9.59 Å². The van der Waals surface area contributed by atoms with E-state index < -0.39 is 5.91 Å². The second-order valence-corrected chi connectivity index (χ2v) is 6.99. The zero-order chi connectivity index (χ0) is 15.3. The van der Waals surface area contributed by atoms with Gasteiger partial charge in [-0.05, 0) is 19.8 Å². The van der Waals surface area contributed by atoms with Crippen LogP contribution in [0.5, 0.6) is 0 Å². The van der Waals surface area contributed by atoms with Gasteiger partial charge < -0.3 is 0 Å². The average Bonchev–Trinajstić information content (AvgIpc) is 3.13. The van der Waals surface area contributed by atoms with Crippen molar-refractivity contribution in [1.82, 2.24) is 19.6 Å². The first kappa shape index (κ1) is 13.5. The molecule has 7 nitrogen and oxygen atoms in total. The van der Waals surface area contributed by atoms with Crippen LogP contribution in [0.3, 0.4) is 0 Å². The first-order valence-corrected chi connectivity index (χ1v) is 8.43. The standard InChI is InChI=1S/C13H11N5O2S2/c1-6-5-21-13-14-4-8(11(20)18(6)13)9(19)15-12-17-16-10(22-12)7-2-3-7/h4-5,7H,2-3H2,1H3,(H,15,17,19). The lowest BCUT2D eigenvalue weighted by Gasteiger charge is -2.01. The lowest BCUT2D eigenvalue weighted by Crippen LogP contribution is -2.26. The van der Waals surface area contributed by atoms with Gasteiger partial charge in [0.2, 0.25) is 5.13 Å². The van der Waals surface area contributed by atoms with Crippen molar-refractivity contribution in [2.45, 2.75) is 25.7 Å². The van der Waals surface area contributed by atoms with Gasteiger partial charge in [-0.1, -0.05) is 11.3 Å². The molecule has 0 aliphatic heterocycles. The number of aromatic nitrogens is 4. The molecular weight excluding hydrogens is 322 g/mol.